The minimum absolute atomic E-state index is 0.0132. The third kappa shape index (κ3) is 1.36. The summed E-state index contributed by atoms with van der Waals surface area (Å²) in [6.07, 6.45) is 0. The van der Waals surface area contributed by atoms with Gasteiger partial charge in [0.05, 0.1) is 0 Å². The Labute approximate surface area is 86.4 Å². The van der Waals surface area contributed by atoms with Crippen LogP contribution >= 0.6 is 0 Å². The van der Waals surface area contributed by atoms with Crippen LogP contribution in [0.25, 0.3) is 5.65 Å². The Kier molecular flexibility index (Phi) is 1.96. The van der Waals surface area contributed by atoms with Gasteiger partial charge in [-0.2, -0.15) is 0 Å². The molecule has 2 heterocycles. The number of rotatable bonds is 1. The van der Waals surface area contributed by atoms with Crippen molar-refractivity contribution in [1.29, 1.82) is 0 Å². The molecule has 78 valence electrons. The molecule has 0 aliphatic carbocycles. The number of imidazole rings is 1. The van der Waals surface area contributed by atoms with Crippen LogP contribution in [0.5, 0.6) is 0 Å². The fraction of sp³-hybridized carbons (Fsp3) is 0.300. The van der Waals surface area contributed by atoms with Gasteiger partial charge in [-0.3, -0.25) is 4.40 Å². The van der Waals surface area contributed by atoms with E-state index in [0.717, 1.165) is 11.4 Å². The monoisotopic (exact) mass is 205 g/mol. The molecule has 0 saturated carbocycles. The Bertz CT molecular complexity index is 557. The van der Waals surface area contributed by atoms with Gasteiger partial charge < -0.3 is 5.11 Å². The molecule has 0 atom stereocenters. The van der Waals surface area contributed by atoms with Crippen molar-refractivity contribution in [3.8, 4) is 0 Å². The molecule has 0 spiro atoms. The van der Waals surface area contributed by atoms with Crippen molar-refractivity contribution >= 4 is 11.6 Å². The molecule has 2 aromatic rings. The third-order valence-corrected chi connectivity index (χ3v) is 2.28. The summed E-state index contributed by atoms with van der Waals surface area (Å²) in [6.45, 7) is 5.51. The van der Waals surface area contributed by atoms with E-state index in [-0.39, 0.29) is 5.69 Å². The van der Waals surface area contributed by atoms with E-state index in [4.69, 9.17) is 5.11 Å². The Morgan fingerprint density at radius 1 is 1.33 bits per heavy atom. The number of hydrogen-bond donors (Lipinski definition) is 1. The maximum atomic E-state index is 10.9. The van der Waals surface area contributed by atoms with Crippen molar-refractivity contribution < 1.29 is 9.90 Å². The molecular weight excluding hydrogens is 194 g/mol. The smallest absolute Gasteiger partial charge is 0.358 e. The fourth-order valence-corrected chi connectivity index (χ4v) is 1.76. The standard InChI is InChI=1S/C10H11N3O2/c1-5-4-6(2)13-7(3)12-8(10(14)15)9(13)11-5/h4H,1-3H3,(H,14,15). The number of aromatic carboxylic acids is 1. The molecule has 2 aromatic heterocycles. The first kappa shape index (κ1) is 9.64. The van der Waals surface area contributed by atoms with E-state index in [0.29, 0.717) is 11.5 Å². The first-order valence-corrected chi connectivity index (χ1v) is 4.57. The molecular formula is C10H11N3O2. The van der Waals surface area contributed by atoms with Gasteiger partial charge in [0, 0.05) is 11.4 Å². The van der Waals surface area contributed by atoms with E-state index < -0.39 is 5.97 Å². The second-order valence-electron chi connectivity index (χ2n) is 3.51. The highest BCUT2D eigenvalue weighted by atomic mass is 16.4. The van der Waals surface area contributed by atoms with Gasteiger partial charge in [0.25, 0.3) is 0 Å². The van der Waals surface area contributed by atoms with Gasteiger partial charge >= 0.3 is 5.97 Å². The van der Waals surface area contributed by atoms with Crippen LogP contribution in [-0.4, -0.2) is 25.4 Å². The number of hydrogen-bond acceptors (Lipinski definition) is 3. The van der Waals surface area contributed by atoms with Gasteiger partial charge in [-0.25, -0.2) is 14.8 Å². The molecule has 1 N–H and O–H groups in total. The molecule has 0 radical (unpaired) electrons. The first-order chi connectivity index (χ1) is 7.00. The first-order valence-electron chi connectivity index (χ1n) is 4.57. The highest BCUT2D eigenvalue weighted by Gasteiger charge is 2.17. The minimum Gasteiger partial charge on any atom is -0.476 e. The molecule has 2 rings (SSSR count). The SMILES string of the molecule is Cc1cc(C)n2c(C)nc(C(=O)O)c2n1. The van der Waals surface area contributed by atoms with Crippen LogP contribution in [0, 0.1) is 20.8 Å². The summed E-state index contributed by atoms with van der Waals surface area (Å²) >= 11 is 0. The molecule has 0 amide bonds. The van der Waals surface area contributed by atoms with Crippen LogP contribution in [-0.2, 0) is 0 Å². The predicted octanol–water partition coefficient (Wildman–Crippen LogP) is 1.35. The Hall–Kier alpha value is -1.91. The Balaban J connectivity index is 2.93. The summed E-state index contributed by atoms with van der Waals surface area (Å²) < 4.78 is 1.75. The second kappa shape index (κ2) is 3.05. The van der Waals surface area contributed by atoms with Crippen LogP contribution in [0.15, 0.2) is 6.07 Å². The average Bonchev–Trinajstić information content (AvgIpc) is 2.42. The van der Waals surface area contributed by atoms with E-state index in [9.17, 15) is 4.79 Å². The molecule has 0 aliphatic rings. The number of carbonyl (C=O) groups is 1. The molecule has 0 saturated heterocycles. The maximum absolute atomic E-state index is 10.9. The van der Waals surface area contributed by atoms with Crippen molar-refractivity contribution in [2.24, 2.45) is 0 Å². The molecule has 0 aliphatic heterocycles. The molecule has 0 bridgehead atoms. The van der Waals surface area contributed by atoms with Crippen LogP contribution in [0.4, 0.5) is 0 Å². The fourth-order valence-electron chi connectivity index (χ4n) is 1.76. The number of carboxylic acids is 1. The van der Waals surface area contributed by atoms with Gasteiger partial charge in [-0.1, -0.05) is 0 Å². The van der Waals surface area contributed by atoms with Crippen molar-refractivity contribution in [3.05, 3.63) is 29.0 Å². The molecule has 0 unspecified atom stereocenters. The number of aryl methyl sites for hydroxylation is 3. The highest BCUT2D eigenvalue weighted by Crippen LogP contribution is 2.14. The summed E-state index contributed by atoms with van der Waals surface area (Å²) in [6, 6.07) is 1.90. The van der Waals surface area contributed by atoms with Crippen LogP contribution < -0.4 is 0 Å². The summed E-state index contributed by atoms with van der Waals surface area (Å²) in [7, 11) is 0. The van der Waals surface area contributed by atoms with E-state index >= 15 is 0 Å². The van der Waals surface area contributed by atoms with Gasteiger partial charge in [-0.15, -0.1) is 0 Å². The Morgan fingerprint density at radius 3 is 2.60 bits per heavy atom. The van der Waals surface area contributed by atoms with Crippen LogP contribution in [0.3, 0.4) is 0 Å². The topological polar surface area (TPSA) is 67.5 Å². The minimum atomic E-state index is -1.04. The quantitative estimate of drug-likeness (QED) is 0.763. The van der Waals surface area contributed by atoms with Crippen LogP contribution in [0.2, 0.25) is 0 Å². The third-order valence-electron chi connectivity index (χ3n) is 2.28. The lowest BCUT2D eigenvalue weighted by atomic mass is 10.3. The molecule has 5 heteroatoms. The number of aromatic nitrogens is 3. The lowest BCUT2D eigenvalue weighted by Crippen LogP contribution is -2.01. The molecule has 15 heavy (non-hydrogen) atoms. The van der Waals surface area contributed by atoms with Gasteiger partial charge in [0.15, 0.2) is 11.3 Å². The second-order valence-corrected chi connectivity index (χ2v) is 3.51. The lowest BCUT2D eigenvalue weighted by Gasteiger charge is -2.02. The van der Waals surface area contributed by atoms with Crippen LogP contribution in [0.1, 0.15) is 27.7 Å². The molecule has 0 fully saturated rings. The van der Waals surface area contributed by atoms with Gasteiger partial charge in [-0.05, 0) is 26.8 Å². The van der Waals surface area contributed by atoms with E-state index in [1.54, 1.807) is 11.3 Å². The zero-order valence-corrected chi connectivity index (χ0v) is 8.77. The summed E-state index contributed by atoms with van der Waals surface area (Å²) in [5.74, 6) is -0.398. The Morgan fingerprint density at radius 2 is 2.00 bits per heavy atom. The van der Waals surface area contributed by atoms with E-state index in [2.05, 4.69) is 9.97 Å². The summed E-state index contributed by atoms with van der Waals surface area (Å²) in [5.41, 5.74) is 2.16. The van der Waals surface area contributed by atoms with Gasteiger partial charge in [0.2, 0.25) is 0 Å². The molecule has 0 aromatic carbocycles. The van der Waals surface area contributed by atoms with Crippen molar-refractivity contribution in [1.82, 2.24) is 14.4 Å². The summed E-state index contributed by atoms with van der Waals surface area (Å²) in [4.78, 5) is 19.1. The highest BCUT2D eigenvalue weighted by molar-refractivity contribution is 5.92. The number of fused-ring (bicyclic) bond motifs is 1. The van der Waals surface area contributed by atoms with Crippen molar-refractivity contribution in [3.63, 3.8) is 0 Å². The zero-order chi connectivity index (χ0) is 11.2. The normalized spacial score (nSPS) is 10.9. The van der Waals surface area contributed by atoms with E-state index in [1.165, 1.54) is 0 Å². The average molecular weight is 205 g/mol. The predicted molar refractivity (Wildman–Crippen MR) is 54.2 cm³/mol. The lowest BCUT2D eigenvalue weighted by molar-refractivity contribution is 0.0693. The zero-order valence-electron chi connectivity index (χ0n) is 8.77. The number of carboxylic acid groups (broad SMARTS) is 1. The maximum Gasteiger partial charge on any atom is 0.358 e. The van der Waals surface area contributed by atoms with Gasteiger partial charge in [0.1, 0.15) is 5.82 Å². The largest absolute Gasteiger partial charge is 0.476 e. The van der Waals surface area contributed by atoms with Crippen molar-refractivity contribution in [2.45, 2.75) is 20.8 Å². The number of nitrogens with zero attached hydrogens (tertiary/aromatic N) is 3. The summed E-state index contributed by atoms with van der Waals surface area (Å²) in [5, 5.41) is 8.96. The molecule has 5 nitrogen and oxygen atoms in total. The van der Waals surface area contributed by atoms with Crippen molar-refractivity contribution in [2.75, 3.05) is 0 Å². The van der Waals surface area contributed by atoms with E-state index in [1.807, 2.05) is 19.9 Å².